The zero-order chi connectivity index (χ0) is 17.5. The molecule has 11 nitrogen and oxygen atoms in total. The Kier molecular flexibility index (Phi) is 5.92. The van der Waals surface area contributed by atoms with Crippen LogP contribution in [-0.4, -0.2) is 115 Å². The molecule has 10 N–H and O–H groups in total. The van der Waals surface area contributed by atoms with Crippen molar-refractivity contribution in [2.75, 3.05) is 6.61 Å². The molecule has 1 aliphatic carbocycles. The summed E-state index contributed by atoms with van der Waals surface area (Å²) in [6, 6.07) is -1.28. The van der Waals surface area contributed by atoms with E-state index in [1.807, 2.05) is 0 Å². The highest BCUT2D eigenvalue weighted by molar-refractivity contribution is 5.00. The molecule has 1 heterocycles. The largest absolute Gasteiger partial charge is 0.394 e. The molecule has 0 bridgehead atoms. The van der Waals surface area contributed by atoms with E-state index >= 15 is 0 Å². The first-order chi connectivity index (χ1) is 10.7. The fourth-order valence-electron chi connectivity index (χ4n) is 2.74. The summed E-state index contributed by atoms with van der Waals surface area (Å²) in [7, 11) is 0. The van der Waals surface area contributed by atoms with Crippen LogP contribution in [0.1, 0.15) is 0 Å². The maximum Gasteiger partial charge on any atom is 0.176 e. The van der Waals surface area contributed by atoms with Crippen molar-refractivity contribution in [1.29, 1.82) is 0 Å². The van der Waals surface area contributed by atoms with Gasteiger partial charge in [-0.05, 0) is 0 Å². The molecule has 136 valence electrons. The molecule has 2 fully saturated rings. The van der Waals surface area contributed by atoms with Crippen LogP contribution in [0.15, 0.2) is 0 Å². The molecule has 11 heteroatoms. The van der Waals surface area contributed by atoms with Crippen molar-refractivity contribution in [3.63, 3.8) is 0 Å². The molecule has 0 amide bonds. The summed E-state index contributed by atoms with van der Waals surface area (Å²) < 4.78 is 10.4. The Labute approximate surface area is 131 Å². The lowest BCUT2D eigenvalue weighted by Gasteiger charge is -2.46. The van der Waals surface area contributed by atoms with Crippen LogP contribution in [0.3, 0.4) is 0 Å². The average Bonchev–Trinajstić information content (AvgIpc) is 2.54. The monoisotopic (exact) mass is 341 g/mol. The Hall–Kier alpha value is -0.440. The fraction of sp³-hybridized carbons (Fsp3) is 1.00. The highest BCUT2D eigenvalue weighted by Gasteiger charge is 2.52. The predicted octanol–water partition coefficient (Wildman–Crippen LogP) is -6.04. The molecule has 1 saturated carbocycles. The van der Waals surface area contributed by atoms with Crippen LogP contribution >= 0.6 is 0 Å². The van der Waals surface area contributed by atoms with E-state index in [1.54, 1.807) is 0 Å². The summed E-state index contributed by atoms with van der Waals surface area (Å²) in [5.41, 5.74) is 5.66. The zero-order valence-corrected chi connectivity index (χ0v) is 12.0. The molecule has 11 atom stereocenters. The van der Waals surface area contributed by atoms with Crippen LogP contribution in [0.25, 0.3) is 0 Å². The molecule has 1 aliphatic heterocycles. The van der Waals surface area contributed by atoms with Gasteiger partial charge in [-0.15, -0.1) is 0 Å². The SMILES string of the molecule is N[C@H]1[C@@H](OC2[C@@H](O)[C@H](O)C(O)[C@@H](O)[C@H]2O)O[C@H](CO)[C@H](O)[C@@H]1O. The van der Waals surface area contributed by atoms with Crippen LogP contribution < -0.4 is 5.73 Å². The number of hydrogen-bond donors (Lipinski definition) is 9. The molecule has 2 unspecified atom stereocenters. The Bertz CT molecular complexity index is 382. The van der Waals surface area contributed by atoms with Crippen LogP contribution in [0, 0.1) is 0 Å². The highest BCUT2D eigenvalue weighted by Crippen LogP contribution is 2.28. The summed E-state index contributed by atoms with van der Waals surface area (Å²) in [4.78, 5) is 0. The molecule has 2 aliphatic rings. The zero-order valence-electron chi connectivity index (χ0n) is 12.0. The van der Waals surface area contributed by atoms with Gasteiger partial charge in [-0.25, -0.2) is 0 Å². The van der Waals surface area contributed by atoms with Crippen LogP contribution in [0.2, 0.25) is 0 Å². The Morgan fingerprint density at radius 1 is 0.739 bits per heavy atom. The van der Waals surface area contributed by atoms with Crippen LogP contribution in [-0.2, 0) is 9.47 Å². The van der Waals surface area contributed by atoms with Gasteiger partial charge in [-0.1, -0.05) is 0 Å². The van der Waals surface area contributed by atoms with Gasteiger partial charge in [0, 0.05) is 0 Å². The lowest BCUT2D eigenvalue weighted by Crippen LogP contribution is -2.68. The standard InChI is InChI=1S/C12H23NO10/c13-3-5(16)4(15)2(1-14)22-12(3)23-11-9(20)7(18)6(17)8(19)10(11)21/h2-12,14-21H,1,13H2/t2-,3-,4+,5-,6?,7-,8-,9-,10+,11?,12-/m1/s1. The number of nitrogens with two attached hydrogens (primary N) is 1. The normalized spacial score (nSPS) is 54.9. The molecule has 0 aromatic rings. The molecule has 0 aromatic heterocycles. The summed E-state index contributed by atoms with van der Waals surface area (Å²) in [6.07, 6.45) is -16.1. The van der Waals surface area contributed by atoms with Gasteiger partial charge in [0.05, 0.1) is 12.6 Å². The van der Waals surface area contributed by atoms with Gasteiger partial charge < -0.3 is 56.1 Å². The lowest BCUT2D eigenvalue weighted by molar-refractivity contribution is -0.316. The van der Waals surface area contributed by atoms with E-state index in [4.69, 9.17) is 20.3 Å². The minimum Gasteiger partial charge on any atom is -0.394 e. The molecule has 0 spiro atoms. The molecular formula is C12H23NO10. The van der Waals surface area contributed by atoms with Crippen molar-refractivity contribution in [3.8, 4) is 0 Å². The first-order valence-electron chi connectivity index (χ1n) is 7.14. The highest BCUT2D eigenvalue weighted by atomic mass is 16.7. The topological polar surface area (TPSA) is 206 Å². The second-order valence-electron chi connectivity index (χ2n) is 5.84. The van der Waals surface area contributed by atoms with Gasteiger partial charge in [0.1, 0.15) is 54.9 Å². The Balaban J connectivity index is 2.13. The first kappa shape index (κ1) is 18.9. The van der Waals surface area contributed by atoms with E-state index in [0.29, 0.717) is 0 Å². The Morgan fingerprint density at radius 3 is 1.70 bits per heavy atom. The van der Waals surface area contributed by atoms with Gasteiger partial charge in [-0.3, -0.25) is 0 Å². The molecule has 0 aromatic carbocycles. The van der Waals surface area contributed by atoms with Crippen LogP contribution in [0.4, 0.5) is 0 Å². The van der Waals surface area contributed by atoms with Gasteiger partial charge >= 0.3 is 0 Å². The van der Waals surface area contributed by atoms with E-state index < -0.39 is 73.9 Å². The second-order valence-corrected chi connectivity index (χ2v) is 5.84. The third-order valence-corrected chi connectivity index (χ3v) is 4.29. The summed E-state index contributed by atoms with van der Waals surface area (Å²) in [5.74, 6) is 0. The third-order valence-electron chi connectivity index (χ3n) is 4.29. The maximum atomic E-state index is 9.89. The van der Waals surface area contributed by atoms with Gasteiger partial charge in [0.15, 0.2) is 6.29 Å². The van der Waals surface area contributed by atoms with E-state index in [9.17, 15) is 35.7 Å². The van der Waals surface area contributed by atoms with Crippen molar-refractivity contribution >= 4 is 0 Å². The quantitative estimate of drug-likeness (QED) is 0.236. The smallest absolute Gasteiger partial charge is 0.176 e. The molecular weight excluding hydrogens is 318 g/mol. The molecule has 0 radical (unpaired) electrons. The summed E-state index contributed by atoms with van der Waals surface area (Å²) >= 11 is 0. The van der Waals surface area contributed by atoms with Crippen molar-refractivity contribution < 1.29 is 50.3 Å². The minimum atomic E-state index is -1.79. The van der Waals surface area contributed by atoms with Crippen molar-refractivity contribution in [3.05, 3.63) is 0 Å². The second kappa shape index (κ2) is 7.21. The van der Waals surface area contributed by atoms with Crippen molar-refractivity contribution in [2.45, 2.75) is 67.3 Å². The maximum absolute atomic E-state index is 9.89. The fourth-order valence-corrected chi connectivity index (χ4v) is 2.74. The van der Waals surface area contributed by atoms with Gasteiger partial charge in [-0.2, -0.15) is 0 Å². The minimum absolute atomic E-state index is 0.648. The predicted molar refractivity (Wildman–Crippen MR) is 70.6 cm³/mol. The number of aliphatic hydroxyl groups excluding tert-OH is 8. The van der Waals surface area contributed by atoms with Gasteiger partial charge in [0.25, 0.3) is 0 Å². The van der Waals surface area contributed by atoms with E-state index in [2.05, 4.69) is 0 Å². The summed E-state index contributed by atoms with van der Waals surface area (Å²) in [6.45, 7) is -0.648. The summed E-state index contributed by atoms with van der Waals surface area (Å²) in [5, 5.41) is 77.1. The van der Waals surface area contributed by atoms with E-state index in [1.165, 1.54) is 0 Å². The van der Waals surface area contributed by atoms with Crippen molar-refractivity contribution in [2.24, 2.45) is 5.73 Å². The number of aliphatic hydroxyl groups is 8. The molecule has 2 rings (SSSR count). The average molecular weight is 341 g/mol. The number of ether oxygens (including phenoxy) is 2. The Morgan fingerprint density at radius 2 is 1.22 bits per heavy atom. The third kappa shape index (κ3) is 3.36. The first-order valence-corrected chi connectivity index (χ1v) is 7.14. The van der Waals surface area contributed by atoms with E-state index in [0.717, 1.165) is 0 Å². The number of hydrogen-bond acceptors (Lipinski definition) is 11. The van der Waals surface area contributed by atoms with E-state index in [-0.39, 0.29) is 0 Å². The number of rotatable bonds is 3. The van der Waals surface area contributed by atoms with Gasteiger partial charge in [0.2, 0.25) is 0 Å². The van der Waals surface area contributed by atoms with Crippen molar-refractivity contribution in [1.82, 2.24) is 0 Å². The molecule has 23 heavy (non-hydrogen) atoms. The lowest BCUT2D eigenvalue weighted by atomic mass is 9.84. The van der Waals surface area contributed by atoms with Crippen LogP contribution in [0.5, 0.6) is 0 Å². The molecule has 1 saturated heterocycles.